The monoisotopic (exact) mass is 341 g/mol. The number of carbonyl (C=O) groups is 1. The van der Waals surface area contributed by atoms with Gasteiger partial charge in [-0.15, -0.1) is 0 Å². The second kappa shape index (κ2) is 6.10. The maximum absolute atomic E-state index is 12.4. The highest BCUT2D eigenvalue weighted by molar-refractivity contribution is 9.10. The van der Waals surface area contributed by atoms with Gasteiger partial charge in [-0.3, -0.25) is 4.79 Å². The SMILES string of the molecule is CNc1ncc(Br)cc1C(=O)NC1CCOC(C)(C)C1. The van der Waals surface area contributed by atoms with E-state index in [9.17, 15) is 4.79 Å². The Morgan fingerprint density at radius 2 is 2.30 bits per heavy atom. The third kappa shape index (κ3) is 3.70. The first-order chi connectivity index (χ1) is 9.41. The number of hydrogen-bond acceptors (Lipinski definition) is 4. The van der Waals surface area contributed by atoms with Gasteiger partial charge >= 0.3 is 0 Å². The summed E-state index contributed by atoms with van der Waals surface area (Å²) in [6.45, 7) is 4.77. The summed E-state index contributed by atoms with van der Waals surface area (Å²) in [5.74, 6) is 0.475. The largest absolute Gasteiger partial charge is 0.375 e. The van der Waals surface area contributed by atoms with Crippen molar-refractivity contribution in [1.29, 1.82) is 0 Å². The van der Waals surface area contributed by atoms with Crippen LogP contribution in [-0.4, -0.2) is 36.2 Å². The number of rotatable bonds is 3. The van der Waals surface area contributed by atoms with Crippen molar-refractivity contribution in [3.8, 4) is 0 Å². The Morgan fingerprint density at radius 1 is 1.55 bits per heavy atom. The van der Waals surface area contributed by atoms with Gasteiger partial charge < -0.3 is 15.4 Å². The number of nitrogens with one attached hydrogen (secondary N) is 2. The van der Waals surface area contributed by atoms with Crippen LogP contribution in [0, 0.1) is 0 Å². The molecule has 0 bridgehead atoms. The molecule has 0 aromatic carbocycles. The van der Waals surface area contributed by atoms with Crippen molar-refractivity contribution in [2.75, 3.05) is 19.0 Å². The van der Waals surface area contributed by atoms with Crippen molar-refractivity contribution in [1.82, 2.24) is 10.3 Å². The molecule has 1 aliphatic heterocycles. The van der Waals surface area contributed by atoms with Gasteiger partial charge in [0, 0.05) is 30.4 Å². The zero-order valence-corrected chi connectivity index (χ0v) is 13.6. The van der Waals surface area contributed by atoms with E-state index in [1.54, 1.807) is 19.3 Å². The average molecular weight is 342 g/mol. The molecule has 2 heterocycles. The summed E-state index contributed by atoms with van der Waals surface area (Å²) in [5.41, 5.74) is 0.364. The summed E-state index contributed by atoms with van der Waals surface area (Å²) in [4.78, 5) is 16.6. The highest BCUT2D eigenvalue weighted by Crippen LogP contribution is 2.25. The first-order valence-corrected chi connectivity index (χ1v) is 7.49. The standard InChI is InChI=1S/C14H20BrN3O2/c1-14(2)7-10(4-5-20-14)18-13(19)11-6-9(15)8-17-12(11)16-3/h6,8,10H,4-5,7H2,1-3H3,(H,16,17)(H,18,19). The van der Waals surface area contributed by atoms with E-state index in [0.717, 1.165) is 17.3 Å². The Bertz CT molecular complexity index is 505. The number of ether oxygens (including phenoxy) is 1. The topological polar surface area (TPSA) is 63.2 Å². The molecular formula is C14H20BrN3O2. The van der Waals surface area contributed by atoms with Crippen molar-refractivity contribution in [3.05, 3.63) is 22.3 Å². The zero-order chi connectivity index (χ0) is 14.8. The van der Waals surface area contributed by atoms with E-state index in [4.69, 9.17) is 4.74 Å². The van der Waals surface area contributed by atoms with Crippen molar-refractivity contribution in [2.24, 2.45) is 0 Å². The molecule has 1 unspecified atom stereocenters. The van der Waals surface area contributed by atoms with Crippen LogP contribution in [0.4, 0.5) is 5.82 Å². The molecule has 1 aromatic heterocycles. The minimum Gasteiger partial charge on any atom is -0.375 e. The third-order valence-electron chi connectivity index (χ3n) is 3.37. The first kappa shape index (κ1) is 15.3. The van der Waals surface area contributed by atoms with Crippen LogP contribution in [0.2, 0.25) is 0 Å². The van der Waals surface area contributed by atoms with E-state index < -0.39 is 0 Å². The first-order valence-electron chi connectivity index (χ1n) is 6.69. The van der Waals surface area contributed by atoms with Gasteiger partial charge in [-0.05, 0) is 48.7 Å². The fraction of sp³-hybridized carbons (Fsp3) is 0.571. The van der Waals surface area contributed by atoms with Crippen molar-refractivity contribution < 1.29 is 9.53 Å². The summed E-state index contributed by atoms with van der Waals surface area (Å²) in [6.07, 6.45) is 3.32. The van der Waals surface area contributed by atoms with Gasteiger partial charge in [-0.2, -0.15) is 0 Å². The van der Waals surface area contributed by atoms with Crippen LogP contribution in [0.1, 0.15) is 37.0 Å². The normalized spacial score (nSPS) is 21.3. The maximum Gasteiger partial charge on any atom is 0.255 e. The molecule has 2 N–H and O–H groups in total. The number of nitrogens with zero attached hydrogens (tertiary/aromatic N) is 1. The quantitative estimate of drug-likeness (QED) is 0.886. The minimum atomic E-state index is -0.183. The Labute approximate surface area is 127 Å². The predicted molar refractivity (Wildman–Crippen MR) is 82.0 cm³/mol. The summed E-state index contributed by atoms with van der Waals surface area (Å²) in [6, 6.07) is 1.91. The van der Waals surface area contributed by atoms with Gasteiger partial charge in [-0.25, -0.2) is 4.98 Å². The number of hydrogen-bond donors (Lipinski definition) is 2. The molecule has 1 saturated heterocycles. The Morgan fingerprint density at radius 3 is 2.95 bits per heavy atom. The fourth-order valence-corrected chi connectivity index (χ4v) is 2.76. The van der Waals surface area contributed by atoms with Crippen LogP contribution in [0.25, 0.3) is 0 Å². The van der Waals surface area contributed by atoms with Gasteiger partial charge in [0.05, 0.1) is 11.2 Å². The Balaban J connectivity index is 2.10. The summed E-state index contributed by atoms with van der Waals surface area (Å²) >= 11 is 3.35. The lowest BCUT2D eigenvalue weighted by Crippen LogP contribution is -2.45. The molecule has 1 aliphatic rings. The molecule has 1 amide bonds. The van der Waals surface area contributed by atoms with Crippen molar-refractivity contribution in [3.63, 3.8) is 0 Å². The predicted octanol–water partition coefficient (Wildman–Crippen LogP) is 2.57. The Hall–Kier alpha value is -1.14. The van der Waals surface area contributed by atoms with Gasteiger partial charge in [0.25, 0.3) is 5.91 Å². The van der Waals surface area contributed by atoms with Gasteiger partial charge in [0.1, 0.15) is 5.82 Å². The minimum absolute atomic E-state index is 0.106. The molecule has 0 aliphatic carbocycles. The molecule has 0 radical (unpaired) electrons. The molecule has 2 rings (SSSR count). The molecule has 5 nitrogen and oxygen atoms in total. The molecule has 0 saturated carbocycles. The second-order valence-corrected chi connectivity index (χ2v) is 6.49. The number of anilines is 1. The van der Waals surface area contributed by atoms with Crippen molar-refractivity contribution >= 4 is 27.7 Å². The summed E-state index contributed by atoms with van der Waals surface area (Å²) in [5, 5.41) is 6.01. The highest BCUT2D eigenvalue weighted by atomic mass is 79.9. The van der Waals surface area contributed by atoms with E-state index in [-0.39, 0.29) is 17.6 Å². The highest BCUT2D eigenvalue weighted by Gasteiger charge is 2.30. The second-order valence-electron chi connectivity index (χ2n) is 5.57. The van der Waals surface area contributed by atoms with Crippen LogP contribution in [0.15, 0.2) is 16.7 Å². The van der Waals surface area contributed by atoms with E-state index in [2.05, 4.69) is 31.5 Å². The van der Waals surface area contributed by atoms with Crippen LogP contribution in [0.3, 0.4) is 0 Å². The van der Waals surface area contributed by atoms with Crippen LogP contribution in [-0.2, 0) is 4.74 Å². The molecule has 1 aromatic rings. The van der Waals surface area contributed by atoms with E-state index in [0.29, 0.717) is 18.0 Å². The number of aromatic nitrogens is 1. The van der Waals surface area contributed by atoms with Crippen molar-refractivity contribution in [2.45, 2.75) is 38.3 Å². The van der Waals surface area contributed by atoms with Crippen LogP contribution < -0.4 is 10.6 Å². The number of amides is 1. The third-order valence-corrected chi connectivity index (χ3v) is 3.80. The zero-order valence-electron chi connectivity index (χ0n) is 12.0. The summed E-state index contributed by atoms with van der Waals surface area (Å²) < 4.78 is 6.45. The smallest absolute Gasteiger partial charge is 0.255 e. The van der Waals surface area contributed by atoms with Gasteiger partial charge in [-0.1, -0.05) is 0 Å². The van der Waals surface area contributed by atoms with Crippen LogP contribution >= 0.6 is 15.9 Å². The molecule has 6 heteroatoms. The lowest BCUT2D eigenvalue weighted by Gasteiger charge is -2.35. The fourth-order valence-electron chi connectivity index (χ4n) is 2.43. The number of carbonyl (C=O) groups excluding carboxylic acids is 1. The summed E-state index contributed by atoms with van der Waals surface area (Å²) in [7, 11) is 1.75. The Kier molecular flexibility index (Phi) is 4.65. The lowest BCUT2D eigenvalue weighted by atomic mass is 9.94. The molecule has 110 valence electrons. The number of pyridine rings is 1. The maximum atomic E-state index is 12.4. The van der Waals surface area contributed by atoms with Crippen LogP contribution in [0.5, 0.6) is 0 Å². The number of halogens is 1. The molecule has 0 spiro atoms. The lowest BCUT2D eigenvalue weighted by molar-refractivity contribution is -0.0615. The molecule has 1 atom stereocenters. The molecule has 1 fully saturated rings. The average Bonchev–Trinajstić information content (AvgIpc) is 2.37. The van der Waals surface area contributed by atoms with E-state index in [1.165, 1.54) is 0 Å². The molecular weight excluding hydrogens is 322 g/mol. The van der Waals surface area contributed by atoms with E-state index in [1.807, 2.05) is 13.8 Å². The van der Waals surface area contributed by atoms with E-state index >= 15 is 0 Å². The van der Waals surface area contributed by atoms with Gasteiger partial charge in [0.2, 0.25) is 0 Å². The molecule has 20 heavy (non-hydrogen) atoms. The van der Waals surface area contributed by atoms with Gasteiger partial charge in [0.15, 0.2) is 0 Å².